The molecule has 1 aliphatic rings. The molecule has 16 heavy (non-hydrogen) atoms. The number of anilines is 1. The minimum Gasteiger partial charge on any atom is -0.344 e. The van der Waals surface area contributed by atoms with Crippen molar-refractivity contribution in [3.05, 3.63) is 12.4 Å². The van der Waals surface area contributed by atoms with Gasteiger partial charge in [-0.3, -0.25) is 0 Å². The zero-order valence-corrected chi connectivity index (χ0v) is 10.3. The van der Waals surface area contributed by atoms with E-state index in [1.807, 2.05) is 13.2 Å². The first-order valence-corrected chi connectivity index (χ1v) is 6.21. The molecule has 1 aliphatic carbocycles. The topological polar surface area (TPSA) is 33.1 Å². The monoisotopic (exact) mass is 222 g/mol. The second-order valence-corrected chi connectivity index (χ2v) is 4.60. The van der Waals surface area contributed by atoms with Gasteiger partial charge in [-0.2, -0.15) is 0 Å². The van der Waals surface area contributed by atoms with E-state index in [1.54, 1.807) is 0 Å². The highest BCUT2D eigenvalue weighted by molar-refractivity contribution is 5.30. The van der Waals surface area contributed by atoms with E-state index < -0.39 is 0 Å². The van der Waals surface area contributed by atoms with Crippen LogP contribution in [-0.2, 0) is 0 Å². The van der Waals surface area contributed by atoms with Crippen LogP contribution in [0, 0.1) is 0 Å². The lowest BCUT2D eigenvalue weighted by atomic mass is 10.2. The first-order valence-electron chi connectivity index (χ1n) is 6.21. The normalized spacial score (nSPS) is 16.9. The maximum absolute atomic E-state index is 4.47. The molecule has 0 amide bonds. The number of aromatic nitrogens is 2. The summed E-state index contributed by atoms with van der Waals surface area (Å²) in [5, 5.41) is 3.17. The van der Waals surface area contributed by atoms with Crippen LogP contribution < -0.4 is 10.2 Å². The molecule has 1 saturated carbocycles. The van der Waals surface area contributed by atoms with Crippen molar-refractivity contribution in [2.75, 3.05) is 32.1 Å². The Hall–Kier alpha value is -1.03. The third kappa shape index (κ3) is 2.38. The standard InChI is InChI=1S/C12H22N4/c1-13-7-9-15(2)12-14-8-10-16(12)11-5-3-4-6-11/h8,10-11,13H,3-7,9H2,1-2H3. The first kappa shape index (κ1) is 11.5. The minimum atomic E-state index is 0.675. The summed E-state index contributed by atoms with van der Waals surface area (Å²) in [6, 6.07) is 0.675. The number of likely N-dealkylation sites (N-methyl/N-ethyl adjacent to an activating group) is 2. The molecular formula is C12H22N4. The molecule has 0 spiro atoms. The summed E-state index contributed by atoms with van der Waals surface area (Å²) in [7, 11) is 4.10. The lowest BCUT2D eigenvalue weighted by Crippen LogP contribution is -2.29. The van der Waals surface area contributed by atoms with Gasteiger partial charge in [0.25, 0.3) is 0 Å². The Morgan fingerprint density at radius 2 is 2.25 bits per heavy atom. The molecule has 1 aromatic rings. The van der Waals surface area contributed by atoms with Crippen molar-refractivity contribution in [2.24, 2.45) is 0 Å². The summed E-state index contributed by atoms with van der Waals surface area (Å²) in [6.07, 6.45) is 9.39. The van der Waals surface area contributed by atoms with Crippen molar-refractivity contribution in [2.45, 2.75) is 31.7 Å². The van der Waals surface area contributed by atoms with Crippen LogP contribution in [0.15, 0.2) is 12.4 Å². The van der Waals surface area contributed by atoms with Gasteiger partial charge in [-0.1, -0.05) is 12.8 Å². The Labute approximate surface area is 97.7 Å². The average Bonchev–Trinajstić information content (AvgIpc) is 2.94. The molecule has 0 aliphatic heterocycles. The van der Waals surface area contributed by atoms with Gasteiger partial charge >= 0.3 is 0 Å². The molecule has 0 unspecified atom stereocenters. The molecule has 0 saturated heterocycles. The van der Waals surface area contributed by atoms with Crippen LogP contribution in [0.4, 0.5) is 5.95 Å². The summed E-state index contributed by atoms with van der Waals surface area (Å²) in [5.41, 5.74) is 0. The van der Waals surface area contributed by atoms with Crippen molar-refractivity contribution in [1.29, 1.82) is 0 Å². The highest BCUT2D eigenvalue weighted by atomic mass is 15.3. The van der Waals surface area contributed by atoms with Crippen molar-refractivity contribution >= 4 is 5.95 Å². The Kier molecular flexibility index (Phi) is 3.83. The average molecular weight is 222 g/mol. The van der Waals surface area contributed by atoms with Gasteiger partial charge in [-0.25, -0.2) is 4.98 Å². The zero-order valence-electron chi connectivity index (χ0n) is 10.3. The van der Waals surface area contributed by atoms with Gasteiger partial charge in [-0.15, -0.1) is 0 Å². The van der Waals surface area contributed by atoms with Crippen molar-refractivity contribution in [3.63, 3.8) is 0 Å². The number of hydrogen-bond donors (Lipinski definition) is 1. The SMILES string of the molecule is CNCCN(C)c1nccn1C1CCCC1. The van der Waals surface area contributed by atoms with Crippen molar-refractivity contribution in [1.82, 2.24) is 14.9 Å². The molecule has 1 N–H and O–H groups in total. The van der Waals surface area contributed by atoms with Crippen LogP contribution in [0.3, 0.4) is 0 Å². The van der Waals surface area contributed by atoms with E-state index in [0.717, 1.165) is 19.0 Å². The van der Waals surface area contributed by atoms with E-state index in [4.69, 9.17) is 0 Å². The second-order valence-electron chi connectivity index (χ2n) is 4.60. The summed E-state index contributed by atoms with van der Waals surface area (Å²) in [5.74, 6) is 1.11. The van der Waals surface area contributed by atoms with Crippen LogP contribution in [-0.4, -0.2) is 36.7 Å². The molecule has 1 heterocycles. The third-order valence-corrected chi connectivity index (χ3v) is 3.40. The molecule has 0 aromatic carbocycles. The number of nitrogens with zero attached hydrogens (tertiary/aromatic N) is 3. The van der Waals surface area contributed by atoms with E-state index in [0.29, 0.717) is 6.04 Å². The largest absolute Gasteiger partial charge is 0.344 e. The Morgan fingerprint density at radius 3 is 2.94 bits per heavy atom. The maximum atomic E-state index is 4.47. The number of imidazole rings is 1. The van der Waals surface area contributed by atoms with Crippen molar-refractivity contribution < 1.29 is 0 Å². The third-order valence-electron chi connectivity index (χ3n) is 3.40. The number of rotatable bonds is 5. The summed E-state index contributed by atoms with van der Waals surface area (Å²) < 4.78 is 2.35. The highest BCUT2D eigenvalue weighted by Crippen LogP contribution is 2.32. The van der Waals surface area contributed by atoms with Gasteiger partial charge in [0.1, 0.15) is 0 Å². The van der Waals surface area contributed by atoms with E-state index in [2.05, 4.69) is 33.0 Å². The van der Waals surface area contributed by atoms with E-state index >= 15 is 0 Å². The number of nitrogens with one attached hydrogen (secondary N) is 1. The zero-order chi connectivity index (χ0) is 11.4. The van der Waals surface area contributed by atoms with E-state index in [1.165, 1.54) is 25.7 Å². The summed E-state index contributed by atoms with van der Waals surface area (Å²) >= 11 is 0. The van der Waals surface area contributed by atoms with Gasteiger partial charge in [0, 0.05) is 38.6 Å². The fourth-order valence-electron chi connectivity index (χ4n) is 2.45. The summed E-state index contributed by atoms with van der Waals surface area (Å²) in [4.78, 5) is 6.71. The molecule has 0 atom stereocenters. The molecule has 1 fully saturated rings. The first-order chi connectivity index (χ1) is 7.83. The molecule has 0 radical (unpaired) electrons. The van der Waals surface area contributed by atoms with Gasteiger partial charge in [0.15, 0.2) is 0 Å². The Bertz CT molecular complexity index is 315. The molecule has 90 valence electrons. The predicted molar refractivity (Wildman–Crippen MR) is 66.9 cm³/mol. The molecule has 1 aromatic heterocycles. The minimum absolute atomic E-state index is 0.675. The Balaban J connectivity index is 2.05. The lowest BCUT2D eigenvalue weighted by molar-refractivity contribution is 0.515. The van der Waals surface area contributed by atoms with Crippen LogP contribution >= 0.6 is 0 Å². The predicted octanol–water partition coefficient (Wildman–Crippen LogP) is 1.65. The fourth-order valence-corrected chi connectivity index (χ4v) is 2.45. The molecule has 2 rings (SSSR count). The Morgan fingerprint density at radius 1 is 1.50 bits per heavy atom. The highest BCUT2D eigenvalue weighted by Gasteiger charge is 2.20. The fraction of sp³-hybridized carbons (Fsp3) is 0.750. The smallest absolute Gasteiger partial charge is 0.205 e. The van der Waals surface area contributed by atoms with Gasteiger partial charge < -0.3 is 14.8 Å². The van der Waals surface area contributed by atoms with Gasteiger partial charge in [-0.05, 0) is 19.9 Å². The van der Waals surface area contributed by atoms with Crippen molar-refractivity contribution in [3.8, 4) is 0 Å². The van der Waals surface area contributed by atoms with Crippen LogP contribution in [0.25, 0.3) is 0 Å². The summed E-state index contributed by atoms with van der Waals surface area (Å²) in [6.45, 7) is 1.99. The van der Waals surface area contributed by atoms with E-state index in [9.17, 15) is 0 Å². The van der Waals surface area contributed by atoms with Gasteiger partial charge in [0.05, 0.1) is 0 Å². The lowest BCUT2D eigenvalue weighted by Gasteiger charge is -2.22. The van der Waals surface area contributed by atoms with Crippen LogP contribution in [0.5, 0.6) is 0 Å². The molecule has 4 nitrogen and oxygen atoms in total. The molecular weight excluding hydrogens is 200 g/mol. The molecule has 4 heteroatoms. The second kappa shape index (κ2) is 5.34. The number of hydrogen-bond acceptors (Lipinski definition) is 3. The van der Waals surface area contributed by atoms with E-state index in [-0.39, 0.29) is 0 Å². The maximum Gasteiger partial charge on any atom is 0.205 e. The van der Waals surface area contributed by atoms with Gasteiger partial charge in [0.2, 0.25) is 5.95 Å². The quantitative estimate of drug-likeness (QED) is 0.822. The molecule has 0 bridgehead atoms. The van der Waals surface area contributed by atoms with Crippen LogP contribution in [0.1, 0.15) is 31.7 Å². The van der Waals surface area contributed by atoms with Crippen LogP contribution in [0.2, 0.25) is 0 Å².